The molecule has 2 heterocycles. The second-order valence-corrected chi connectivity index (χ2v) is 4.82. The standard InChI is InChI=1S/C14H17N3O4/c1-9-16-14(21-17-9)4-5-15-7-11(18)10-2-3-12-13(6-10)20-8-19-12/h2-3,6,11,15,18H,4-5,7-8H2,1H3. The number of rotatable bonds is 6. The minimum absolute atomic E-state index is 0.233. The van der Waals surface area contributed by atoms with Gasteiger partial charge in [0, 0.05) is 19.5 Å². The number of hydrogen-bond acceptors (Lipinski definition) is 7. The molecule has 0 amide bonds. The number of fused-ring (bicyclic) bond motifs is 1. The normalized spacial score (nSPS) is 14.4. The van der Waals surface area contributed by atoms with Crippen LogP contribution < -0.4 is 14.8 Å². The van der Waals surface area contributed by atoms with E-state index in [1.54, 1.807) is 13.0 Å². The van der Waals surface area contributed by atoms with E-state index < -0.39 is 6.10 Å². The quantitative estimate of drug-likeness (QED) is 0.766. The fourth-order valence-electron chi connectivity index (χ4n) is 2.11. The van der Waals surface area contributed by atoms with Gasteiger partial charge in [-0.15, -0.1) is 0 Å². The predicted octanol–water partition coefficient (Wildman–Crippen LogP) is 0.972. The molecule has 0 radical (unpaired) electrons. The molecule has 1 aromatic heterocycles. The van der Waals surface area contributed by atoms with Crippen molar-refractivity contribution in [1.29, 1.82) is 0 Å². The number of aryl methyl sites for hydroxylation is 1. The van der Waals surface area contributed by atoms with E-state index in [2.05, 4.69) is 15.5 Å². The van der Waals surface area contributed by atoms with Crippen LogP contribution >= 0.6 is 0 Å². The molecule has 2 N–H and O–H groups in total. The first-order chi connectivity index (χ1) is 10.2. The molecule has 0 fully saturated rings. The Morgan fingerprint density at radius 1 is 1.33 bits per heavy atom. The first-order valence-electron chi connectivity index (χ1n) is 6.80. The topological polar surface area (TPSA) is 89.6 Å². The summed E-state index contributed by atoms with van der Waals surface area (Å²) in [5.41, 5.74) is 0.792. The molecule has 0 aliphatic carbocycles. The Bertz CT molecular complexity index is 614. The molecule has 0 bridgehead atoms. The minimum Gasteiger partial charge on any atom is -0.454 e. The van der Waals surface area contributed by atoms with Crippen LogP contribution in [-0.2, 0) is 6.42 Å². The summed E-state index contributed by atoms with van der Waals surface area (Å²) in [6, 6.07) is 5.44. The van der Waals surface area contributed by atoms with Gasteiger partial charge < -0.3 is 24.4 Å². The van der Waals surface area contributed by atoms with Gasteiger partial charge in [-0.2, -0.15) is 4.98 Å². The average Bonchev–Trinajstić information content (AvgIpc) is 3.11. The van der Waals surface area contributed by atoms with Crippen LogP contribution in [0.1, 0.15) is 23.4 Å². The van der Waals surface area contributed by atoms with E-state index >= 15 is 0 Å². The van der Waals surface area contributed by atoms with Gasteiger partial charge in [-0.3, -0.25) is 0 Å². The van der Waals surface area contributed by atoms with Crippen molar-refractivity contribution in [1.82, 2.24) is 15.5 Å². The molecular weight excluding hydrogens is 274 g/mol. The lowest BCUT2D eigenvalue weighted by Crippen LogP contribution is -2.23. The molecule has 21 heavy (non-hydrogen) atoms. The molecule has 1 atom stereocenters. The van der Waals surface area contributed by atoms with E-state index in [-0.39, 0.29) is 6.79 Å². The lowest BCUT2D eigenvalue weighted by atomic mass is 10.1. The third-order valence-corrected chi connectivity index (χ3v) is 3.20. The first kappa shape index (κ1) is 13.8. The number of hydrogen-bond donors (Lipinski definition) is 2. The van der Waals surface area contributed by atoms with Crippen LogP contribution in [0.25, 0.3) is 0 Å². The minimum atomic E-state index is -0.607. The van der Waals surface area contributed by atoms with E-state index in [0.29, 0.717) is 42.7 Å². The molecule has 3 rings (SSSR count). The van der Waals surface area contributed by atoms with Crippen molar-refractivity contribution in [3.63, 3.8) is 0 Å². The Balaban J connectivity index is 1.46. The van der Waals surface area contributed by atoms with Crippen LogP contribution in [0.2, 0.25) is 0 Å². The molecular formula is C14H17N3O4. The molecule has 2 aromatic rings. The molecule has 1 aliphatic heterocycles. The summed E-state index contributed by atoms with van der Waals surface area (Å²) >= 11 is 0. The zero-order valence-electron chi connectivity index (χ0n) is 11.7. The predicted molar refractivity (Wildman–Crippen MR) is 73.1 cm³/mol. The Morgan fingerprint density at radius 2 is 2.19 bits per heavy atom. The van der Waals surface area contributed by atoms with Crippen LogP contribution in [0.5, 0.6) is 11.5 Å². The third kappa shape index (κ3) is 3.32. The maximum atomic E-state index is 10.1. The van der Waals surface area contributed by atoms with Gasteiger partial charge in [-0.05, 0) is 24.6 Å². The van der Waals surface area contributed by atoms with Gasteiger partial charge in [-0.25, -0.2) is 0 Å². The molecule has 0 saturated carbocycles. The van der Waals surface area contributed by atoms with Gasteiger partial charge in [0.25, 0.3) is 0 Å². The van der Waals surface area contributed by atoms with Gasteiger partial charge in [0.1, 0.15) is 0 Å². The van der Waals surface area contributed by atoms with Gasteiger partial charge in [0.05, 0.1) is 6.10 Å². The molecule has 0 saturated heterocycles. The maximum Gasteiger partial charge on any atom is 0.231 e. The van der Waals surface area contributed by atoms with E-state index in [0.717, 1.165) is 5.56 Å². The highest BCUT2D eigenvalue weighted by molar-refractivity contribution is 5.45. The number of nitrogens with one attached hydrogen (secondary N) is 1. The zero-order chi connectivity index (χ0) is 14.7. The second-order valence-electron chi connectivity index (χ2n) is 4.82. The summed E-state index contributed by atoms with van der Waals surface area (Å²) in [5, 5.41) is 17.0. The smallest absolute Gasteiger partial charge is 0.231 e. The van der Waals surface area contributed by atoms with Crippen LogP contribution in [0.3, 0.4) is 0 Å². The third-order valence-electron chi connectivity index (χ3n) is 3.20. The summed E-state index contributed by atoms with van der Waals surface area (Å²) in [4.78, 5) is 4.11. The molecule has 0 spiro atoms. The second kappa shape index (κ2) is 6.11. The van der Waals surface area contributed by atoms with Crippen LogP contribution in [0.4, 0.5) is 0 Å². The van der Waals surface area contributed by atoms with Crippen molar-refractivity contribution in [3.05, 3.63) is 35.5 Å². The first-order valence-corrected chi connectivity index (χ1v) is 6.80. The molecule has 7 heteroatoms. The Hall–Kier alpha value is -2.12. The fraction of sp³-hybridized carbons (Fsp3) is 0.429. The molecule has 1 aliphatic rings. The number of aromatic nitrogens is 2. The summed E-state index contributed by atoms with van der Waals surface area (Å²) in [6.45, 7) is 3.11. The maximum absolute atomic E-state index is 10.1. The molecule has 1 unspecified atom stereocenters. The van der Waals surface area contributed by atoms with Crippen molar-refractivity contribution in [3.8, 4) is 11.5 Å². The number of ether oxygens (including phenoxy) is 2. The van der Waals surface area contributed by atoms with E-state index in [9.17, 15) is 5.11 Å². The number of aliphatic hydroxyl groups is 1. The van der Waals surface area contributed by atoms with Crippen molar-refractivity contribution >= 4 is 0 Å². The number of benzene rings is 1. The van der Waals surface area contributed by atoms with Gasteiger partial charge >= 0.3 is 0 Å². The molecule has 1 aromatic carbocycles. The summed E-state index contributed by atoms with van der Waals surface area (Å²) in [6.07, 6.45) is 0.0261. The largest absolute Gasteiger partial charge is 0.454 e. The highest BCUT2D eigenvalue weighted by Gasteiger charge is 2.16. The lowest BCUT2D eigenvalue weighted by molar-refractivity contribution is 0.170. The fourth-order valence-corrected chi connectivity index (χ4v) is 2.11. The Morgan fingerprint density at radius 3 is 3.00 bits per heavy atom. The van der Waals surface area contributed by atoms with E-state index in [1.165, 1.54) is 0 Å². The van der Waals surface area contributed by atoms with Gasteiger partial charge in [0.15, 0.2) is 17.3 Å². The van der Waals surface area contributed by atoms with Crippen molar-refractivity contribution in [2.45, 2.75) is 19.4 Å². The lowest BCUT2D eigenvalue weighted by Gasteiger charge is -2.12. The van der Waals surface area contributed by atoms with Crippen LogP contribution in [0, 0.1) is 6.92 Å². The van der Waals surface area contributed by atoms with E-state index in [1.807, 2.05) is 12.1 Å². The average molecular weight is 291 g/mol. The number of nitrogens with zero attached hydrogens (tertiary/aromatic N) is 2. The van der Waals surface area contributed by atoms with Gasteiger partial charge in [0.2, 0.25) is 12.7 Å². The van der Waals surface area contributed by atoms with Gasteiger partial charge in [-0.1, -0.05) is 11.2 Å². The highest BCUT2D eigenvalue weighted by atomic mass is 16.7. The van der Waals surface area contributed by atoms with Crippen molar-refractivity contribution < 1.29 is 19.1 Å². The highest BCUT2D eigenvalue weighted by Crippen LogP contribution is 2.33. The van der Waals surface area contributed by atoms with Crippen molar-refractivity contribution in [2.24, 2.45) is 0 Å². The molecule has 112 valence electrons. The Kier molecular flexibility index (Phi) is 4.03. The molecule has 7 nitrogen and oxygen atoms in total. The monoisotopic (exact) mass is 291 g/mol. The zero-order valence-corrected chi connectivity index (χ0v) is 11.7. The number of aliphatic hydroxyl groups excluding tert-OH is 1. The Labute approximate surface area is 121 Å². The van der Waals surface area contributed by atoms with Crippen LogP contribution in [-0.4, -0.2) is 35.1 Å². The summed E-state index contributed by atoms with van der Waals surface area (Å²) < 4.78 is 15.5. The van der Waals surface area contributed by atoms with Crippen molar-refractivity contribution in [2.75, 3.05) is 19.9 Å². The van der Waals surface area contributed by atoms with Crippen LogP contribution in [0.15, 0.2) is 22.7 Å². The SMILES string of the molecule is Cc1noc(CCNCC(O)c2ccc3c(c2)OCO3)n1. The van der Waals surface area contributed by atoms with E-state index in [4.69, 9.17) is 14.0 Å². The summed E-state index contributed by atoms with van der Waals surface area (Å²) in [7, 11) is 0. The summed E-state index contributed by atoms with van der Waals surface area (Å²) in [5.74, 6) is 2.61.